The lowest BCUT2D eigenvalue weighted by atomic mass is 10.1. The molecule has 0 atom stereocenters. The standard InChI is InChI=1S/C13H14F2N4O2S2/c14-11(15)21-9-4-2-1-3-8(9)5-6-17-10(20)7-22-13-19-18-12(16)23-13/h1-4,11H,5-7H2,(H2,16,18)(H,17,20). The van der Waals surface area contributed by atoms with Crippen molar-refractivity contribution in [3.8, 4) is 5.75 Å². The van der Waals surface area contributed by atoms with Crippen LogP contribution in [0.15, 0.2) is 28.6 Å². The van der Waals surface area contributed by atoms with E-state index < -0.39 is 6.61 Å². The lowest BCUT2D eigenvalue weighted by Crippen LogP contribution is -2.27. The predicted octanol–water partition coefficient (Wildman–Crippen LogP) is 2.17. The summed E-state index contributed by atoms with van der Waals surface area (Å²) in [7, 11) is 0. The SMILES string of the molecule is Nc1nnc(SCC(=O)NCCc2ccccc2OC(F)F)s1. The molecular weight excluding hydrogens is 346 g/mol. The zero-order chi connectivity index (χ0) is 16.7. The summed E-state index contributed by atoms with van der Waals surface area (Å²) in [5.41, 5.74) is 6.05. The molecule has 23 heavy (non-hydrogen) atoms. The molecule has 3 N–H and O–H groups in total. The van der Waals surface area contributed by atoms with Crippen molar-refractivity contribution in [3.63, 3.8) is 0 Å². The highest BCUT2D eigenvalue weighted by atomic mass is 32.2. The second-order valence-corrected chi connectivity index (χ2v) is 6.51. The van der Waals surface area contributed by atoms with E-state index in [2.05, 4.69) is 20.3 Å². The Kier molecular flexibility index (Phi) is 6.53. The number of halogens is 2. The number of ether oxygens (including phenoxy) is 1. The number of carbonyl (C=O) groups is 1. The van der Waals surface area contributed by atoms with Crippen LogP contribution in [0.3, 0.4) is 0 Å². The first kappa shape index (κ1) is 17.4. The number of nitrogens with two attached hydrogens (primary N) is 1. The first-order valence-electron chi connectivity index (χ1n) is 6.56. The molecule has 6 nitrogen and oxygen atoms in total. The maximum atomic E-state index is 12.3. The van der Waals surface area contributed by atoms with Crippen molar-refractivity contribution in [2.75, 3.05) is 18.0 Å². The quantitative estimate of drug-likeness (QED) is 0.701. The molecule has 1 amide bonds. The van der Waals surface area contributed by atoms with Gasteiger partial charge >= 0.3 is 6.61 Å². The number of hydrogen-bond donors (Lipinski definition) is 2. The first-order chi connectivity index (χ1) is 11.0. The van der Waals surface area contributed by atoms with Gasteiger partial charge in [-0.1, -0.05) is 41.3 Å². The molecule has 1 heterocycles. The second kappa shape index (κ2) is 8.63. The lowest BCUT2D eigenvalue weighted by Gasteiger charge is -2.10. The van der Waals surface area contributed by atoms with Gasteiger partial charge in [0.2, 0.25) is 11.0 Å². The molecule has 1 aromatic heterocycles. The van der Waals surface area contributed by atoms with E-state index in [0.29, 0.717) is 28.0 Å². The number of nitrogens with zero attached hydrogens (tertiary/aromatic N) is 2. The number of aromatic nitrogens is 2. The molecule has 0 aliphatic carbocycles. The van der Waals surface area contributed by atoms with Crippen LogP contribution in [-0.4, -0.2) is 35.0 Å². The van der Waals surface area contributed by atoms with Gasteiger partial charge in [0.05, 0.1) is 5.75 Å². The fraction of sp³-hybridized carbons (Fsp3) is 0.308. The number of nitrogens with one attached hydrogen (secondary N) is 1. The number of alkyl halides is 2. The van der Waals surface area contributed by atoms with E-state index in [-0.39, 0.29) is 17.4 Å². The monoisotopic (exact) mass is 360 g/mol. The van der Waals surface area contributed by atoms with Crippen molar-refractivity contribution in [2.24, 2.45) is 0 Å². The molecule has 0 aliphatic heterocycles. The largest absolute Gasteiger partial charge is 0.435 e. The molecule has 2 rings (SSSR count). The third-order valence-electron chi connectivity index (χ3n) is 2.65. The van der Waals surface area contributed by atoms with E-state index in [1.807, 2.05) is 0 Å². The summed E-state index contributed by atoms with van der Waals surface area (Å²) in [6.07, 6.45) is 0.394. The minimum absolute atomic E-state index is 0.121. The summed E-state index contributed by atoms with van der Waals surface area (Å²) >= 11 is 2.45. The van der Waals surface area contributed by atoms with E-state index in [4.69, 9.17) is 5.73 Å². The highest BCUT2D eigenvalue weighted by molar-refractivity contribution is 8.01. The van der Waals surface area contributed by atoms with Gasteiger partial charge in [0.1, 0.15) is 5.75 Å². The van der Waals surface area contributed by atoms with Crippen LogP contribution < -0.4 is 15.8 Å². The first-order valence-corrected chi connectivity index (χ1v) is 8.36. The highest BCUT2D eigenvalue weighted by Gasteiger charge is 2.10. The van der Waals surface area contributed by atoms with Crippen LogP contribution in [-0.2, 0) is 11.2 Å². The number of thioether (sulfide) groups is 1. The Bertz CT molecular complexity index is 654. The van der Waals surface area contributed by atoms with Gasteiger partial charge in [-0.2, -0.15) is 8.78 Å². The number of carbonyl (C=O) groups excluding carboxylic acids is 1. The number of para-hydroxylation sites is 1. The van der Waals surface area contributed by atoms with Gasteiger partial charge < -0.3 is 15.8 Å². The molecule has 2 aromatic rings. The van der Waals surface area contributed by atoms with Gasteiger partial charge in [0.15, 0.2) is 4.34 Å². The fourth-order valence-corrected chi connectivity index (χ4v) is 3.18. The van der Waals surface area contributed by atoms with Crippen LogP contribution in [0.1, 0.15) is 5.56 Å². The molecule has 0 saturated heterocycles. The number of nitrogen functional groups attached to an aromatic ring is 1. The molecule has 0 spiro atoms. The molecule has 0 saturated carbocycles. The third-order valence-corrected chi connectivity index (χ3v) is 4.54. The van der Waals surface area contributed by atoms with Gasteiger partial charge in [0, 0.05) is 6.54 Å². The summed E-state index contributed by atoms with van der Waals surface area (Å²) in [6.45, 7) is -2.55. The summed E-state index contributed by atoms with van der Waals surface area (Å²) < 4.78 is 29.7. The Balaban J connectivity index is 1.75. The summed E-state index contributed by atoms with van der Waals surface area (Å²) in [5, 5.41) is 10.5. The van der Waals surface area contributed by atoms with Crippen molar-refractivity contribution in [1.29, 1.82) is 0 Å². The van der Waals surface area contributed by atoms with Crippen molar-refractivity contribution in [3.05, 3.63) is 29.8 Å². The smallest absolute Gasteiger partial charge is 0.387 e. The summed E-state index contributed by atoms with van der Waals surface area (Å²) in [4.78, 5) is 11.7. The molecular formula is C13H14F2N4O2S2. The van der Waals surface area contributed by atoms with E-state index in [1.165, 1.54) is 29.2 Å². The van der Waals surface area contributed by atoms with Crippen molar-refractivity contribution in [2.45, 2.75) is 17.4 Å². The topological polar surface area (TPSA) is 90.1 Å². The molecule has 124 valence electrons. The van der Waals surface area contributed by atoms with Gasteiger partial charge in [-0.05, 0) is 18.1 Å². The molecule has 0 bridgehead atoms. The average molecular weight is 360 g/mol. The van der Waals surface area contributed by atoms with Gasteiger partial charge in [-0.25, -0.2) is 0 Å². The van der Waals surface area contributed by atoms with Crippen LogP contribution in [0.5, 0.6) is 5.75 Å². The molecule has 1 aromatic carbocycles. The molecule has 0 fully saturated rings. The summed E-state index contributed by atoms with van der Waals surface area (Å²) in [6, 6.07) is 6.50. The second-order valence-electron chi connectivity index (χ2n) is 4.28. The van der Waals surface area contributed by atoms with Crippen LogP contribution >= 0.6 is 23.1 Å². The molecule has 0 radical (unpaired) electrons. The Hall–Kier alpha value is -1.94. The van der Waals surface area contributed by atoms with Crippen molar-refractivity contribution in [1.82, 2.24) is 15.5 Å². The number of rotatable bonds is 8. The third kappa shape index (κ3) is 5.99. The minimum atomic E-state index is -2.87. The number of hydrogen-bond acceptors (Lipinski definition) is 7. The Labute approximate surface area is 139 Å². The normalized spacial score (nSPS) is 10.7. The Morgan fingerprint density at radius 2 is 2.17 bits per heavy atom. The van der Waals surface area contributed by atoms with Crippen molar-refractivity contribution >= 4 is 34.1 Å². The van der Waals surface area contributed by atoms with Crippen LogP contribution in [0.25, 0.3) is 0 Å². The fourth-order valence-electron chi connectivity index (χ4n) is 1.71. The number of benzene rings is 1. The highest BCUT2D eigenvalue weighted by Crippen LogP contribution is 2.23. The minimum Gasteiger partial charge on any atom is -0.435 e. The molecule has 10 heteroatoms. The Morgan fingerprint density at radius 1 is 1.39 bits per heavy atom. The van der Waals surface area contributed by atoms with E-state index in [9.17, 15) is 13.6 Å². The van der Waals surface area contributed by atoms with Crippen LogP contribution in [0, 0.1) is 0 Å². The van der Waals surface area contributed by atoms with Crippen molar-refractivity contribution < 1.29 is 18.3 Å². The van der Waals surface area contributed by atoms with Gasteiger partial charge in [-0.15, -0.1) is 10.2 Å². The van der Waals surface area contributed by atoms with E-state index in [1.54, 1.807) is 18.2 Å². The maximum Gasteiger partial charge on any atom is 0.387 e. The molecule has 0 unspecified atom stereocenters. The molecule has 0 aliphatic rings. The lowest BCUT2D eigenvalue weighted by molar-refractivity contribution is -0.118. The van der Waals surface area contributed by atoms with E-state index >= 15 is 0 Å². The van der Waals surface area contributed by atoms with Crippen LogP contribution in [0.4, 0.5) is 13.9 Å². The van der Waals surface area contributed by atoms with Gasteiger partial charge in [0.25, 0.3) is 0 Å². The zero-order valence-corrected chi connectivity index (χ0v) is 13.5. The zero-order valence-electron chi connectivity index (χ0n) is 11.9. The number of anilines is 1. The number of amides is 1. The average Bonchev–Trinajstić information content (AvgIpc) is 2.92. The Morgan fingerprint density at radius 3 is 2.87 bits per heavy atom. The van der Waals surface area contributed by atoms with Gasteiger partial charge in [-0.3, -0.25) is 4.79 Å². The predicted molar refractivity (Wildman–Crippen MR) is 84.8 cm³/mol. The van der Waals surface area contributed by atoms with E-state index in [0.717, 1.165) is 0 Å². The summed E-state index contributed by atoms with van der Waals surface area (Å²) in [5.74, 6) is 0.121. The van der Waals surface area contributed by atoms with Crippen LogP contribution in [0.2, 0.25) is 0 Å². The maximum absolute atomic E-state index is 12.3.